The first-order valence-electron chi connectivity index (χ1n) is 9.53. The van der Waals surface area contributed by atoms with E-state index in [-0.39, 0.29) is 24.2 Å². The Morgan fingerprint density at radius 2 is 2.11 bits per heavy atom. The average Bonchev–Trinajstić information content (AvgIpc) is 3.17. The minimum absolute atomic E-state index is 0.0229. The van der Waals surface area contributed by atoms with E-state index in [0.29, 0.717) is 12.1 Å². The average molecular weight is 413 g/mol. The lowest BCUT2D eigenvalue weighted by atomic mass is 9.92. The van der Waals surface area contributed by atoms with Crippen molar-refractivity contribution in [2.75, 3.05) is 6.54 Å². The molecule has 1 aromatic rings. The number of nitrogens with one attached hydrogen (secondary N) is 2. The minimum Gasteiger partial charge on any atom is -0.348 e. The lowest BCUT2D eigenvalue weighted by Crippen LogP contribution is -2.44. The van der Waals surface area contributed by atoms with E-state index in [1.165, 1.54) is 37.0 Å². The first kappa shape index (κ1) is 20.4. The molecule has 3 rings (SSSR count). The number of thiophene rings is 1. The summed E-state index contributed by atoms with van der Waals surface area (Å²) in [6, 6.07) is 5.18. The van der Waals surface area contributed by atoms with Gasteiger partial charge in [-0.3, -0.25) is 9.69 Å². The van der Waals surface area contributed by atoms with Crippen LogP contribution in [0.2, 0.25) is 4.34 Å². The summed E-state index contributed by atoms with van der Waals surface area (Å²) in [6.07, 6.45) is 6.06. The molecule has 1 amide bonds. The highest BCUT2D eigenvalue weighted by Crippen LogP contribution is 2.39. The second-order valence-corrected chi connectivity index (χ2v) is 9.39. The number of amides is 1. The van der Waals surface area contributed by atoms with E-state index in [2.05, 4.69) is 27.7 Å². The number of fused-ring (bicyclic) bond motifs is 2. The van der Waals surface area contributed by atoms with E-state index in [1.807, 2.05) is 12.1 Å². The molecule has 2 unspecified atom stereocenters. The second-order valence-electron chi connectivity index (χ2n) is 7.65. The van der Waals surface area contributed by atoms with E-state index < -0.39 is 0 Å². The van der Waals surface area contributed by atoms with Gasteiger partial charge in [-0.25, -0.2) is 5.84 Å². The van der Waals surface area contributed by atoms with Crippen LogP contribution in [-0.4, -0.2) is 35.3 Å². The number of hydrazone groups is 1. The first-order chi connectivity index (χ1) is 13.0. The van der Waals surface area contributed by atoms with Crippen molar-refractivity contribution < 1.29 is 4.79 Å². The molecule has 2 aliphatic rings. The van der Waals surface area contributed by atoms with E-state index in [1.54, 1.807) is 0 Å². The van der Waals surface area contributed by atoms with Crippen LogP contribution in [0.25, 0.3) is 0 Å². The molecular formula is C18H29ClN6OS. The number of amidine groups is 1. The summed E-state index contributed by atoms with van der Waals surface area (Å²) in [6.45, 7) is 3.34. The number of nitrogens with two attached hydrogens (primary N) is 2. The summed E-state index contributed by atoms with van der Waals surface area (Å²) in [7, 11) is 0. The van der Waals surface area contributed by atoms with E-state index in [9.17, 15) is 4.79 Å². The van der Waals surface area contributed by atoms with Crippen molar-refractivity contribution in [2.24, 2.45) is 22.7 Å². The highest BCUT2D eigenvalue weighted by molar-refractivity contribution is 7.16. The van der Waals surface area contributed by atoms with Crippen molar-refractivity contribution in [3.63, 3.8) is 0 Å². The molecule has 7 nitrogen and oxygen atoms in total. The SMILES string of the molecule is CC1CC2CCC(C1)N2CC[C@H](NC(=O)C/C(=N/N)NN)c1ccc(Cl)s1. The summed E-state index contributed by atoms with van der Waals surface area (Å²) in [5.74, 6) is 11.4. The van der Waals surface area contributed by atoms with Gasteiger partial charge in [0, 0.05) is 23.5 Å². The number of halogens is 1. The van der Waals surface area contributed by atoms with Crippen LogP contribution in [0.4, 0.5) is 0 Å². The number of carbonyl (C=O) groups excluding carboxylic acids is 1. The van der Waals surface area contributed by atoms with E-state index >= 15 is 0 Å². The summed E-state index contributed by atoms with van der Waals surface area (Å²) < 4.78 is 0.726. The number of nitrogens with zero attached hydrogens (tertiary/aromatic N) is 2. The molecule has 3 heterocycles. The minimum atomic E-state index is -0.165. The molecule has 2 aliphatic heterocycles. The number of hydrazine groups is 1. The van der Waals surface area contributed by atoms with Crippen LogP contribution >= 0.6 is 22.9 Å². The molecule has 0 aliphatic carbocycles. The molecule has 1 aromatic heterocycles. The third-order valence-corrected chi connectivity index (χ3v) is 7.06. The summed E-state index contributed by atoms with van der Waals surface area (Å²) in [5, 5.41) is 6.58. The summed E-state index contributed by atoms with van der Waals surface area (Å²) >= 11 is 7.63. The maximum absolute atomic E-state index is 12.4. The molecular weight excluding hydrogens is 384 g/mol. The predicted molar refractivity (Wildman–Crippen MR) is 110 cm³/mol. The molecule has 27 heavy (non-hydrogen) atoms. The zero-order valence-electron chi connectivity index (χ0n) is 15.7. The van der Waals surface area contributed by atoms with Crippen LogP contribution < -0.4 is 22.4 Å². The topological polar surface area (TPSA) is 109 Å². The third kappa shape index (κ3) is 5.13. The maximum Gasteiger partial charge on any atom is 0.228 e. The van der Waals surface area contributed by atoms with Gasteiger partial charge in [-0.2, -0.15) is 5.10 Å². The van der Waals surface area contributed by atoms with Gasteiger partial charge in [-0.15, -0.1) is 11.3 Å². The Balaban J connectivity index is 1.63. The van der Waals surface area contributed by atoms with Gasteiger partial charge >= 0.3 is 0 Å². The normalized spacial score (nSPS) is 26.8. The molecule has 2 bridgehead atoms. The zero-order chi connectivity index (χ0) is 19.4. The van der Waals surface area contributed by atoms with Gasteiger partial charge in [0.25, 0.3) is 0 Å². The van der Waals surface area contributed by atoms with Crippen LogP contribution in [0.15, 0.2) is 17.2 Å². The van der Waals surface area contributed by atoms with Gasteiger partial charge in [0.2, 0.25) is 5.91 Å². The van der Waals surface area contributed by atoms with Crippen LogP contribution in [0, 0.1) is 5.92 Å². The first-order valence-corrected chi connectivity index (χ1v) is 10.7. The standard InChI is InChI=1S/C18H29ClN6OS/c1-11-8-12-2-3-13(9-11)25(12)7-6-14(15-4-5-16(19)27-15)22-18(26)10-17(23-20)24-21/h4-5,11-14H,2-3,6-10,20-21H2,1H3,(H,22,26)(H,23,24)/t11?,12?,13?,14-/m0/s1. The number of hydrogen-bond donors (Lipinski definition) is 4. The smallest absolute Gasteiger partial charge is 0.228 e. The Bertz CT molecular complexity index is 667. The van der Waals surface area contributed by atoms with Gasteiger partial charge in [0.1, 0.15) is 5.84 Å². The molecule has 2 saturated heterocycles. The molecule has 3 atom stereocenters. The number of hydrogen-bond acceptors (Lipinski definition) is 6. The number of piperidine rings is 1. The van der Waals surface area contributed by atoms with Crippen molar-refractivity contribution >= 4 is 34.7 Å². The van der Waals surface area contributed by atoms with E-state index in [0.717, 1.165) is 28.1 Å². The molecule has 2 fully saturated rings. The highest BCUT2D eigenvalue weighted by Gasteiger charge is 2.39. The summed E-state index contributed by atoms with van der Waals surface area (Å²) in [4.78, 5) is 16.1. The second kappa shape index (κ2) is 9.23. The largest absolute Gasteiger partial charge is 0.348 e. The Morgan fingerprint density at radius 3 is 2.67 bits per heavy atom. The maximum atomic E-state index is 12.4. The van der Waals surface area contributed by atoms with E-state index in [4.69, 9.17) is 23.3 Å². The van der Waals surface area contributed by atoms with Crippen LogP contribution in [-0.2, 0) is 4.79 Å². The monoisotopic (exact) mass is 412 g/mol. The number of rotatable bonds is 7. The third-order valence-electron chi connectivity index (χ3n) is 5.72. The van der Waals surface area contributed by atoms with Crippen molar-refractivity contribution in [1.82, 2.24) is 15.6 Å². The van der Waals surface area contributed by atoms with Gasteiger partial charge in [0.15, 0.2) is 0 Å². The summed E-state index contributed by atoms with van der Waals surface area (Å²) in [5.41, 5.74) is 2.34. The fourth-order valence-electron chi connectivity index (χ4n) is 4.52. The van der Waals surface area contributed by atoms with Gasteiger partial charge in [-0.1, -0.05) is 18.5 Å². The Hall–Kier alpha value is -1.35. The van der Waals surface area contributed by atoms with Crippen LogP contribution in [0.1, 0.15) is 56.4 Å². The van der Waals surface area contributed by atoms with Gasteiger partial charge < -0.3 is 16.6 Å². The molecule has 0 spiro atoms. The number of carbonyl (C=O) groups is 1. The van der Waals surface area contributed by atoms with Crippen molar-refractivity contribution in [3.8, 4) is 0 Å². The molecule has 0 saturated carbocycles. The molecule has 0 aromatic carbocycles. The molecule has 6 N–H and O–H groups in total. The van der Waals surface area contributed by atoms with Crippen LogP contribution in [0.5, 0.6) is 0 Å². The van der Waals surface area contributed by atoms with Crippen molar-refractivity contribution in [3.05, 3.63) is 21.3 Å². The fourth-order valence-corrected chi connectivity index (χ4v) is 5.67. The van der Waals surface area contributed by atoms with Gasteiger partial charge in [0.05, 0.1) is 16.8 Å². The lowest BCUT2D eigenvalue weighted by molar-refractivity contribution is -0.120. The lowest BCUT2D eigenvalue weighted by Gasteiger charge is -2.38. The van der Waals surface area contributed by atoms with Crippen molar-refractivity contribution in [1.29, 1.82) is 0 Å². The fraction of sp³-hybridized carbons (Fsp3) is 0.667. The van der Waals surface area contributed by atoms with Gasteiger partial charge in [-0.05, 0) is 50.2 Å². The Kier molecular flexibility index (Phi) is 6.97. The Morgan fingerprint density at radius 1 is 1.41 bits per heavy atom. The molecule has 0 radical (unpaired) electrons. The zero-order valence-corrected chi connectivity index (χ0v) is 17.2. The Labute approximate surface area is 169 Å². The highest BCUT2D eigenvalue weighted by atomic mass is 35.5. The van der Waals surface area contributed by atoms with Crippen LogP contribution in [0.3, 0.4) is 0 Å². The quantitative estimate of drug-likeness (QED) is 0.238. The molecule has 150 valence electrons. The molecule has 9 heteroatoms. The van der Waals surface area contributed by atoms with Crippen molar-refractivity contribution in [2.45, 2.75) is 63.6 Å². The predicted octanol–water partition coefficient (Wildman–Crippen LogP) is 2.34.